The van der Waals surface area contributed by atoms with Gasteiger partial charge in [-0.05, 0) is 25.1 Å². The van der Waals surface area contributed by atoms with Gasteiger partial charge in [-0.1, -0.05) is 11.6 Å². The van der Waals surface area contributed by atoms with Crippen molar-refractivity contribution in [3.63, 3.8) is 0 Å². The minimum Gasteiger partial charge on any atom is -0.323 e. The lowest BCUT2D eigenvalue weighted by Crippen LogP contribution is -2.05. The number of aromatic nitrogens is 2. The molecular formula is C11H12Cl2FN3. The molecule has 0 fully saturated rings. The van der Waals surface area contributed by atoms with Gasteiger partial charge < -0.3 is 10.3 Å². The van der Waals surface area contributed by atoms with E-state index in [-0.39, 0.29) is 24.3 Å². The molecule has 0 aliphatic carbocycles. The van der Waals surface area contributed by atoms with Crippen LogP contribution in [0.2, 0.25) is 5.02 Å². The Hall–Kier alpha value is -1.10. The zero-order valence-electron chi connectivity index (χ0n) is 9.10. The van der Waals surface area contributed by atoms with Crippen LogP contribution < -0.4 is 5.73 Å². The van der Waals surface area contributed by atoms with E-state index < -0.39 is 0 Å². The molecule has 0 bridgehead atoms. The Bertz CT molecular complexity index is 511. The monoisotopic (exact) mass is 275 g/mol. The molecule has 0 radical (unpaired) electrons. The normalized spacial score (nSPS) is 12.0. The Labute approximate surface area is 110 Å². The van der Waals surface area contributed by atoms with E-state index in [0.717, 1.165) is 0 Å². The number of benzene rings is 1. The minimum atomic E-state index is -0.388. The molecule has 1 atom stereocenters. The standard InChI is InChI=1S/C11H11ClFN3.ClH/c1-7(14)10-5-16(6-15-10)11-3-2-8(12)4-9(11)13;/h2-7H,14H2,1H3;1H. The minimum absolute atomic E-state index is 0. The van der Waals surface area contributed by atoms with Crippen LogP contribution in [0.4, 0.5) is 4.39 Å². The SMILES string of the molecule is CC(N)c1cn(-c2ccc(Cl)cc2F)cn1.Cl. The summed E-state index contributed by atoms with van der Waals surface area (Å²) in [6.07, 6.45) is 3.24. The second kappa shape index (κ2) is 5.49. The molecule has 0 aliphatic heterocycles. The first-order valence-electron chi connectivity index (χ1n) is 4.83. The number of hydrogen-bond acceptors (Lipinski definition) is 2. The Balaban J connectivity index is 0.00000144. The lowest BCUT2D eigenvalue weighted by atomic mass is 10.3. The molecule has 92 valence electrons. The van der Waals surface area contributed by atoms with E-state index in [4.69, 9.17) is 17.3 Å². The molecule has 17 heavy (non-hydrogen) atoms. The van der Waals surface area contributed by atoms with Crippen LogP contribution in [0.3, 0.4) is 0 Å². The summed E-state index contributed by atoms with van der Waals surface area (Å²) in [7, 11) is 0. The topological polar surface area (TPSA) is 43.8 Å². The van der Waals surface area contributed by atoms with Gasteiger partial charge in [0.25, 0.3) is 0 Å². The highest BCUT2D eigenvalue weighted by Crippen LogP contribution is 2.19. The number of nitrogens with zero attached hydrogens (tertiary/aromatic N) is 2. The van der Waals surface area contributed by atoms with Crippen molar-refractivity contribution in [1.82, 2.24) is 9.55 Å². The number of halogens is 3. The maximum absolute atomic E-state index is 13.6. The summed E-state index contributed by atoms with van der Waals surface area (Å²) in [5.41, 5.74) is 6.80. The van der Waals surface area contributed by atoms with Crippen LogP contribution in [0.5, 0.6) is 0 Å². The van der Waals surface area contributed by atoms with Crippen LogP contribution in [0, 0.1) is 5.82 Å². The molecule has 2 aromatic rings. The molecule has 0 amide bonds. The lowest BCUT2D eigenvalue weighted by Gasteiger charge is -2.04. The lowest BCUT2D eigenvalue weighted by molar-refractivity contribution is 0.618. The molecule has 1 aromatic carbocycles. The molecule has 0 aliphatic rings. The van der Waals surface area contributed by atoms with Gasteiger partial charge in [-0.2, -0.15) is 0 Å². The van der Waals surface area contributed by atoms with Gasteiger partial charge in [0, 0.05) is 17.3 Å². The van der Waals surface area contributed by atoms with E-state index in [9.17, 15) is 4.39 Å². The Morgan fingerprint density at radius 1 is 1.47 bits per heavy atom. The van der Waals surface area contributed by atoms with Crippen molar-refractivity contribution in [3.8, 4) is 5.69 Å². The Morgan fingerprint density at radius 2 is 2.18 bits per heavy atom. The van der Waals surface area contributed by atoms with Crippen LogP contribution in [0.1, 0.15) is 18.7 Å². The molecule has 1 unspecified atom stereocenters. The fourth-order valence-electron chi connectivity index (χ4n) is 1.40. The third kappa shape index (κ3) is 2.97. The van der Waals surface area contributed by atoms with E-state index in [2.05, 4.69) is 4.98 Å². The fraction of sp³-hybridized carbons (Fsp3) is 0.182. The summed E-state index contributed by atoms with van der Waals surface area (Å²) < 4.78 is 15.2. The van der Waals surface area contributed by atoms with Crippen LogP contribution in [-0.4, -0.2) is 9.55 Å². The van der Waals surface area contributed by atoms with Crippen LogP contribution in [0.15, 0.2) is 30.7 Å². The maximum atomic E-state index is 13.6. The second-order valence-corrected chi connectivity index (χ2v) is 4.03. The molecule has 6 heteroatoms. The van der Waals surface area contributed by atoms with Crippen LogP contribution in [0.25, 0.3) is 5.69 Å². The third-order valence-corrected chi connectivity index (χ3v) is 2.49. The molecular weight excluding hydrogens is 264 g/mol. The van der Waals surface area contributed by atoms with Gasteiger partial charge in [0.05, 0.1) is 17.7 Å². The van der Waals surface area contributed by atoms with Gasteiger partial charge in [-0.3, -0.25) is 0 Å². The summed E-state index contributed by atoms with van der Waals surface area (Å²) in [6, 6.07) is 4.33. The van der Waals surface area contributed by atoms with E-state index in [1.807, 2.05) is 6.92 Å². The second-order valence-electron chi connectivity index (χ2n) is 3.59. The smallest absolute Gasteiger partial charge is 0.148 e. The summed E-state index contributed by atoms with van der Waals surface area (Å²) >= 11 is 5.68. The van der Waals surface area contributed by atoms with Gasteiger partial charge in [0.2, 0.25) is 0 Å². The quantitative estimate of drug-likeness (QED) is 0.915. The van der Waals surface area contributed by atoms with Crippen molar-refractivity contribution in [2.75, 3.05) is 0 Å². The summed E-state index contributed by atoms with van der Waals surface area (Å²) in [5.74, 6) is -0.388. The first-order valence-corrected chi connectivity index (χ1v) is 5.20. The van der Waals surface area contributed by atoms with E-state index >= 15 is 0 Å². The van der Waals surface area contributed by atoms with Gasteiger partial charge in [0.15, 0.2) is 0 Å². The van der Waals surface area contributed by atoms with Crippen molar-refractivity contribution < 1.29 is 4.39 Å². The van der Waals surface area contributed by atoms with Crippen molar-refractivity contribution in [3.05, 3.63) is 47.3 Å². The molecule has 0 saturated carbocycles. The maximum Gasteiger partial charge on any atom is 0.148 e. The van der Waals surface area contributed by atoms with Gasteiger partial charge in [-0.15, -0.1) is 12.4 Å². The van der Waals surface area contributed by atoms with Gasteiger partial charge in [0.1, 0.15) is 5.82 Å². The molecule has 0 saturated heterocycles. The summed E-state index contributed by atoms with van der Waals surface area (Å²) in [6.45, 7) is 1.82. The molecule has 2 rings (SSSR count). The van der Waals surface area contributed by atoms with Crippen molar-refractivity contribution in [2.45, 2.75) is 13.0 Å². The molecule has 2 N–H and O–H groups in total. The average molecular weight is 276 g/mol. The average Bonchev–Trinajstić information content (AvgIpc) is 2.66. The van der Waals surface area contributed by atoms with Gasteiger partial charge >= 0.3 is 0 Å². The number of nitrogens with two attached hydrogens (primary N) is 1. The van der Waals surface area contributed by atoms with Crippen LogP contribution in [-0.2, 0) is 0 Å². The molecule has 1 aromatic heterocycles. The fourth-order valence-corrected chi connectivity index (χ4v) is 1.55. The highest BCUT2D eigenvalue weighted by Gasteiger charge is 2.08. The van der Waals surface area contributed by atoms with Crippen molar-refractivity contribution in [1.29, 1.82) is 0 Å². The zero-order chi connectivity index (χ0) is 11.7. The predicted octanol–water partition coefficient (Wildman–Crippen LogP) is 3.11. The molecule has 1 heterocycles. The van der Waals surface area contributed by atoms with Gasteiger partial charge in [-0.25, -0.2) is 9.37 Å². The first kappa shape index (κ1) is 14.0. The number of rotatable bonds is 2. The summed E-state index contributed by atoms with van der Waals surface area (Å²) in [4.78, 5) is 4.09. The van der Waals surface area contributed by atoms with E-state index in [1.54, 1.807) is 22.9 Å². The highest BCUT2D eigenvalue weighted by molar-refractivity contribution is 6.30. The van der Waals surface area contributed by atoms with Crippen molar-refractivity contribution >= 4 is 24.0 Å². The number of imidazole rings is 1. The van der Waals surface area contributed by atoms with E-state index in [0.29, 0.717) is 16.4 Å². The Morgan fingerprint density at radius 3 is 2.71 bits per heavy atom. The van der Waals surface area contributed by atoms with Crippen molar-refractivity contribution in [2.24, 2.45) is 5.73 Å². The van der Waals surface area contributed by atoms with E-state index in [1.165, 1.54) is 12.4 Å². The highest BCUT2D eigenvalue weighted by atomic mass is 35.5. The zero-order valence-corrected chi connectivity index (χ0v) is 10.7. The predicted molar refractivity (Wildman–Crippen MR) is 68.4 cm³/mol. The first-order chi connectivity index (χ1) is 7.58. The molecule has 0 spiro atoms. The van der Waals surface area contributed by atoms with Crippen LogP contribution >= 0.6 is 24.0 Å². The third-order valence-electron chi connectivity index (χ3n) is 2.26. The largest absolute Gasteiger partial charge is 0.323 e. The summed E-state index contributed by atoms with van der Waals surface area (Å²) in [5, 5.41) is 0.369. The Kier molecular flexibility index (Phi) is 4.51. The molecule has 3 nitrogen and oxygen atoms in total. The number of hydrogen-bond donors (Lipinski definition) is 1.